The second-order valence-corrected chi connectivity index (χ2v) is 7.09. The molecule has 2 aromatic carbocycles. The first-order valence-electron chi connectivity index (χ1n) is 7.85. The monoisotopic (exact) mass is 344 g/mol. The summed E-state index contributed by atoms with van der Waals surface area (Å²) in [6, 6.07) is 10.4. The number of hydrogen-bond acceptors (Lipinski definition) is 1. The fourth-order valence-electron chi connectivity index (χ4n) is 3.78. The first-order chi connectivity index (χ1) is 11.1. The highest BCUT2D eigenvalue weighted by Gasteiger charge is 2.27. The van der Waals surface area contributed by atoms with Crippen molar-refractivity contribution in [2.75, 3.05) is 6.54 Å². The zero-order valence-corrected chi connectivity index (χ0v) is 14.6. The fourth-order valence-corrected chi connectivity index (χ4v) is 4.20. The predicted octanol–water partition coefficient (Wildman–Crippen LogP) is 5.33. The van der Waals surface area contributed by atoms with E-state index in [1.54, 1.807) is 0 Å². The lowest BCUT2D eigenvalue weighted by Crippen LogP contribution is -2.30. The lowest BCUT2D eigenvalue weighted by atomic mass is 9.93. The van der Waals surface area contributed by atoms with E-state index >= 15 is 0 Å². The predicted molar refractivity (Wildman–Crippen MR) is 97.8 cm³/mol. The Bertz CT molecular complexity index is 911. The van der Waals surface area contributed by atoms with Crippen LogP contribution in [0.2, 0.25) is 10.0 Å². The average Bonchev–Trinajstić information content (AvgIpc) is 2.88. The summed E-state index contributed by atoms with van der Waals surface area (Å²) in [6.45, 7) is 5.25. The molecule has 0 radical (unpaired) electrons. The van der Waals surface area contributed by atoms with Gasteiger partial charge in [-0.3, -0.25) is 0 Å². The van der Waals surface area contributed by atoms with Crippen molar-refractivity contribution < 1.29 is 0 Å². The molecule has 0 aliphatic carbocycles. The summed E-state index contributed by atoms with van der Waals surface area (Å²) in [5, 5.41) is 6.17. The third-order valence-corrected chi connectivity index (χ3v) is 5.51. The number of halogens is 2. The van der Waals surface area contributed by atoms with Gasteiger partial charge in [0.05, 0.1) is 16.1 Å². The number of aryl methyl sites for hydroxylation is 2. The number of benzene rings is 2. The van der Waals surface area contributed by atoms with Gasteiger partial charge >= 0.3 is 0 Å². The molecule has 118 valence electrons. The Balaban J connectivity index is 1.95. The SMILES string of the molecule is Cc1cc(C)c2c3c([nH]c2c1)C(c1cccc(Cl)c1Cl)NCC3. The molecule has 0 saturated heterocycles. The van der Waals surface area contributed by atoms with Crippen molar-refractivity contribution in [3.05, 3.63) is 68.3 Å². The summed E-state index contributed by atoms with van der Waals surface area (Å²) < 4.78 is 0. The minimum Gasteiger partial charge on any atom is -0.357 e. The summed E-state index contributed by atoms with van der Waals surface area (Å²) in [7, 11) is 0. The van der Waals surface area contributed by atoms with E-state index < -0.39 is 0 Å². The molecular weight excluding hydrogens is 327 g/mol. The van der Waals surface area contributed by atoms with Crippen LogP contribution in [0.15, 0.2) is 30.3 Å². The fraction of sp³-hybridized carbons (Fsp3) is 0.263. The van der Waals surface area contributed by atoms with Gasteiger partial charge in [0.2, 0.25) is 0 Å². The van der Waals surface area contributed by atoms with Crippen LogP contribution in [0.25, 0.3) is 10.9 Å². The normalized spacial score (nSPS) is 17.5. The van der Waals surface area contributed by atoms with Gasteiger partial charge in [-0.25, -0.2) is 0 Å². The number of fused-ring (bicyclic) bond motifs is 3. The number of aromatic amines is 1. The highest BCUT2D eigenvalue weighted by atomic mass is 35.5. The molecule has 2 heterocycles. The minimum absolute atomic E-state index is 0.0528. The van der Waals surface area contributed by atoms with Gasteiger partial charge in [-0.05, 0) is 54.7 Å². The molecule has 1 aromatic heterocycles. The van der Waals surface area contributed by atoms with Crippen LogP contribution in [-0.4, -0.2) is 11.5 Å². The van der Waals surface area contributed by atoms with E-state index in [1.165, 1.54) is 33.3 Å². The standard InChI is InChI=1S/C19H18Cl2N2/c1-10-8-11(2)16-12-6-7-22-18(19(12)23-15(16)9-10)13-4-3-5-14(20)17(13)21/h3-5,8-9,18,22-23H,6-7H2,1-2H3. The zero-order valence-electron chi connectivity index (χ0n) is 13.1. The van der Waals surface area contributed by atoms with E-state index in [-0.39, 0.29) is 6.04 Å². The maximum atomic E-state index is 6.46. The summed E-state index contributed by atoms with van der Waals surface area (Å²) in [6.07, 6.45) is 1.02. The lowest BCUT2D eigenvalue weighted by Gasteiger charge is -2.26. The summed E-state index contributed by atoms with van der Waals surface area (Å²) in [5.41, 5.74) is 7.45. The van der Waals surface area contributed by atoms with Crippen LogP contribution in [0.3, 0.4) is 0 Å². The molecule has 1 unspecified atom stereocenters. The molecule has 1 aliphatic heterocycles. The van der Waals surface area contributed by atoms with Gasteiger partial charge in [-0.15, -0.1) is 0 Å². The average molecular weight is 345 g/mol. The van der Waals surface area contributed by atoms with E-state index in [0.717, 1.165) is 18.5 Å². The number of rotatable bonds is 1. The van der Waals surface area contributed by atoms with E-state index in [1.807, 2.05) is 18.2 Å². The number of nitrogens with one attached hydrogen (secondary N) is 2. The Morgan fingerprint density at radius 2 is 1.96 bits per heavy atom. The Morgan fingerprint density at radius 1 is 1.13 bits per heavy atom. The van der Waals surface area contributed by atoms with Gasteiger partial charge in [0.1, 0.15) is 0 Å². The Labute approximate surface area is 145 Å². The molecule has 0 saturated carbocycles. The second-order valence-electron chi connectivity index (χ2n) is 6.30. The minimum atomic E-state index is 0.0528. The molecule has 2 nitrogen and oxygen atoms in total. The smallest absolute Gasteiger partial charge is 0.0747 e. The molecule has 0 amide bonds. The molecule has 0 spiro atoms. The largest absolute Gasteiger partial charge is 0.357 e. The maximum absolute atomic E-state index is 6.46. The van der Waals surface area contributed by atoms with Gasteiger partial charge in [0, 0.05) is 23.1 Å². The van der Waals surface area contributed by atoms with Crippen molar-refractivity contribution in [1.82, 2.24) is 10.3 Å². The van der Waals surface area contributed by atoms with Crippen molar-refractivity contribution in [2.24, 2.45) is 0 Å². The lowest BCUT2D eigenvalue weighted by molar-refractivity contribution is 0.560. The molecule has 0 fully saturated rings. The summed E-state index contributed by atoms with van der Waals surface area (Å²) in [4.78, 5) is 3.63. The van der Waals surface area contributed by atoms with E-state index in [0.29, 0.717) is 10.0 Å². The van der Waals surface area contributed by atoms with Crippen LogP contribution in [0.4, 0.5) is 0 Å². The van der Waals surface area contributed by atoms with Gasteiger partial charge in [-0.1, -0.05) is 41.4 Å². The topological polar surface area (TPSA) is 27.8 Å². The summed E-state index contributed by atoms with van der Waals surface area (Å²) >= 11 is 12.7. The molecule has 4 rings (SSSR count). The molecule has 1 aliphatic rings. The van der Waals surface area contributed by atoms with Crippen molar-refractivity contribution in [3.63, 3.8) is 0 Å². The Morgan fingerprint density at radius 3 is 2.78 bits per heavy atom. The first kappa shape index (κ1) is 15.1. The molecule has 23 heavy (non-hydrogen) atoms. The van der Waals surface area contributed by atoms with Crippen LogP contribution < -0.4 is 5.32 Å². The van der Waals surface area contributed by atoms with Crippen molar-refractivity contribution in [1.29, 1.82) is 0 Å². The van der Waals surface area contributed by atoms with Crippen LogP contribution in [0.1, 0.15) is 34.0 Å². The number of aromatic nitrogens is 1. The third kappa shape index (κ3) is 2.37. The molecule has 1 atom stereocenters. The van der Waals surface area contributed by atoms with Gasteiger partial charge < -0.3 is 10.3 Å². The highest BCUT2D eigenvalue weighted by molar-refractivity contribution is 6.42. The summed E-state index contributed by atoms with van der Waals surface area (Å²) in [5.74, 6) is 0. The highest BCUT2D eigenvalue weighted by Crippen LogP contribution is 2.39. The second kappa shape index (κ2) is 5.55. The van der Waals surface area contributed by atoms with Gasteiger partial charge in [-0.2, -0.15) is 0 Å². The number of hydrogen-bond donors (Lipinski definition) is 2. The van der Waals surface area contributed by atoms with Gasteiger partial charge in [0.15, 0.2) is 0 Å². The molecule has 4 heteroatoms. The molecule has 2 N–H and O–H groups in total. The van der Waals surface area contributed by atoms with Crippen LogP contribution in [-0.2, 0) is 6.42 Å². The van der Waals surface area contributed by atoms with Crippen LogP contribution >= 0.6 is 23.2 Å². The van der Waals surface area contributed by atoms with Crippen molar-refractivity contribution >= 4 is 34.1 Å². The molecule has 0 bridgehead atoms. The van der Waals surface area contributed by atoms with E-state index in [9.17, 15) is 0 Å². The van der Waals surface area contributed by atoms with Crippen LogP contribution in [0.5, 0.6) is 0 Å². The van der Waals surface area contributed by atoms with E-state index in [2.05, 4.69) is 36.3 Å². The van der Waals surface area contributed by atoms with Crippen molar-refractivity contribution in [3.8, 4) is 0 Å². The Hall–Kier alpha value is -1.48. The van der Waals surface area contributed by atoms with Crippen LogP contribution in [0, 0.1) is 13.8 Å². The third-order valence-electron chi connectivity index (χ3n) is 4.68. The van der Waals surface area contributed by atoms with E-state index in [4.69, 9.17) is 23.2 Å². The maximum Gasteiger partial charge on any atom is 0.0747 e. The van der Waals surface area contributed by atoms with Crippen molar-refractivity contribution in [2.45, 2.75) is 26.3 Å². The first-order valence-corrected chi connectivity index (χ1v) is 8.61. The molecule has 3 aromatic rings. The molecular formula is C19H18Cl2N2. The number of H-pyrrole nitrogens is 1. The van der Waals surface area contributed by atoms with Gasteiger partial charge in [0.25, 0.3) is 0 Å². The Kier molecular flexibility index (Phi) is 3.64. The zero-order chi connectivity index (χ0) is 16.1. The quantitative estimate of drug-likeness (QED) is 0.613.